The lowest BCUT2D eigenvalue weighted by Gasteiger charge is -2.45. The third-order valence-electron chi connectivity index (χ3n) is 5.15. The van der Waals surface area contributed by atoms with Gasteiger partial charge < -0.3 is 10.2 Å². The highest BCUT2D eigenvalue weighted by Crippen LogP contribution is 2.31. The molecular formula is C17H30N2O2. The fourth-order valence-corrected chi connectivity index (χ4v) is 3.94. The van der Waals surface area contributed by atoms with E-state index in [4.69, 9.17) is 0 Å². The van der Waals surface area contributed by atoms with Crippen molar-refractivity contribution in [1.29, 1.82) is 0 Å². The number of rotatable bonds is 4. The van der Waals surface area contributed by atoms with Crippen LogP contribution in [0.4, 0.5) is 0 Å². The van der Waals surface area contributed by atoms with E-state index in [0.717, 1.165) is 19.3 Å². The Morgan fingerprint density at radius 3 is 2.52 bits per heavy atom. The Morgan fingerprint density at radius 1 is 1.14 bits per heavy atom. The monoisotopic (exact) mass is 294 g/mol. The van der Waals surface area contributed by atoms with Crippen LogP contribution < -0.4 is 5.32 Å². The standard InChI is InChI=1S/C17H30N2O2/c1-4-9-13-17(21)19(14(5-2)16(20)18-13)15-11-8-6-7-10-12(15)3/h12-15H,4-11H2,1-3H3,(H,18,20). The van der Waals surface area contributed by atoms with Crippen LogP contribution in [0.2, 0.25) is 0 Å². The molecule has 0 spiro atoms. The van der Waals surface area contributed by atoms with Gasteiger partial charge in [-0.25, -0.2) is 0 Å². The molecule has 4 nitrogen and oxygen atoms in total. The van der Waals surface area contributed by atoms with Crippen LogP contribution in [-0.4, -0.2) is 34.8 Å². The molecule has 2 amide bonds. The maximum Gasteiger partial charge on any atom is 0.246 e. The van der Waals surface area contributed by atoms with E-state index < -0.39 is 0 Å². The van der Waals surface area contributed by atoms with E-state index in [1.807, 2.05) is 11.8 Å². The van der Waals surface area contributed by atoms with E-state index in [-0.39, 0.29) is 29.9 Å². The molecule has 1 heterocycles. The van der Waals surface area contributed by atoms with E-state index in [2.05, 4.69) is 19.2 Å². The highest BCUT2D eigenvalue weighted by Gasteiger charge is 2.43. The lowest BCUT2D eigenvalue weighted by Crippen LogP contribution is -2.66. The number of carbonyl (C=O) groups is 2. The van der Waals surface area contributed by atoms with Gasteiger partial charge in [-0.2, -0.15) is 0 Å². The number of carbonyl (C=O) groups excluding carboxylic acids is 2. The molecule has 4 atom stereocenters. The van der Waals surface area contributed by atoms with Gasteiger partial charge in [0.2, 0.25) is 11.8 Å². The SMILES string of the molecule is CCCC1NC(=O)C(CC)N(C2CCCCCC2C)C1=O. The minimum Gasteiger partial charge on any atom is -0.343 e. The summed E-state index contributed by atoms with van der Waals surface area (Å²) in [5, 5.41) is 2.94. The Bertz CT molecular complexity index is 383. The lowest BCUT2D eigenvalue weighted by atomic mass is 9.90. The molecule has 2 rings (SSSR count). The van der Waals surface area contributed by atoms with Gasteiger partial charge in [0.05, 0.1) is 0 Å². The molecule has 2 aliphatic rings. The first-order valence-electron chi connectivity index (χ1n) is 8.72. The van der Waals surface area contributed by atoms with E-state index >= 15 is 0 Å². The first kappa shape index (κ1) is 16.3. The molecule has 1 aliphatic carbocycles. The number of nitrogens with one attached hydrogen (secondary N) is 1. The summed E-state index contributed by atoms with van der Waals surface area (Å²) in [7, 11) is 0. The average molecular weight is 294 g/mol. The van der Waals surface area contributed by atoms with Crippen molar-refractivity contribution < 1.29 is 9.59 Å². The predicted octanol–water partition coefficient (Wildman–Crippen LogP) is 2.86. The topological polar surface area (TPSA) is 49.4 Å². The molecule has 0 radical (unpaired) electrons. The summed E-state index contributed by atoms with van der Waals surface area (Å²) >= 11 is 0. The predicted molar refractivity (Wildman–Crippen MR) is 83.8 cm³/mol. The second-order valence-electron chi connectivity index (χ2n) is 6.70. The second kappa shape index (κ2) is 7.28. The van der Waals surface area contributed by atoms with Gasteiger partial charge in [-0.05, 0) is 31.6 Å². The molecule has 4 heteroatoms. The maximum absolute atomic E-state index is 12.9. The largest absolute Gasteiger partial charge is 0.343 e. The van der Waals surface area contributed by atoms with Gasteiger partial charge in [0, 0.05) is 6.04 Å². The van der Waals surface area contributed by atoms with Crippen molar-refractivity contribution in [3.8, 4) is 0 Å². The smallest absolute Gasteiger partial charge is 0.246 e. The minimum absolute atomic E-state index is 0.0481. The van der Waals surface area contributed by atoms with Crippen LogP contribution in [-0.2, 0) is 9.59 Å². The summed E-state index contributed by atoms with van der Waals surface area (Å²) < 4.78 is 0. The van der Waals surface area contributed by atoms with Crippen molar-refractivity contribution in [2.45, 2.75) is 90.3 Å². The minimum atomic E-state index is -0.305. The summed E-state index contributed by atoms with van der Waals surface area (Å²) in [6.45, 7) is 6.31. The lowest BCUT2D eigenvalue weighted by molar-refractivity contribution is -0.154. The molecule has 2 fully saturated rings. The van der Waals surface area contributed by atoms with Gasteiger partial charge in [0.1, 0.15) is 12.1 Å². The molecule has 0 aromatic carbocycles. The fraction of sp³-hybridized carbons (Fsp3) is 0.882. The summed E-state index contributed by atoms with van der Waals surface area (Å²) in [5.74, 6) is 0.702. The molecule has 0 aromatic rings. The van der Waals surface area contributed by atoms with E-state index in [0.29, 0.717) is 12.3 Å². The van der Waals surface area contributed by atoms with Crippen LogP contribution >= 0.6 is 0 Å². The van der Waals surface area contributed by atoms with E-state index in [1.54, 1.807) is 0 Å². The average Bonchev–Trinajstić information content (AvgIpc) is 2.67. The zero-order chi connectivity index (χ0) is 15.4. The van der Waals surface area contributed by atoms with E-state index in [1.165, 1.54) is 25.7 Å². The Morgan fingerprint density at radius 2 is 1.86 bits per heavy atom. The highest BCUT2D eigenvalue weighted by atomic mass is 16.2. The Hall–Kier alpha value is -1.06. The molecule has 0 aromatic heterocycles. The number of nitrogens with zero attached hydrogens (tertiary/aromatic N) is 1. The molecule has 0 bridgehead atoms. The number of hydrogen-bond acceptors (Lipinski definition) is 2. The molecule has 21 heavy (non-hydrogen) atoms. The highest BCUT2D eigenvalue weighted by molar-refractivity contribution is 5.97. The maximum atomic E-state index is 12.9. The molecular weight excluding hydrogens is 264 g/mol. The van der Waals surface area contributed by atoms with Crippen LogP contribution in [0.25, 0.3) is 0 Å². The van der Waals surface area contributed by atoms with Crippen LogP contribution in [0.3, 0.4) is 0 Å². The van der Waals surface area contributed by atoms with Gasteiger partial charge in [0.25, 0.3) is 0 Å². The van der Waals surface area contributed by atoms with Crippen molar-refractivity contribution in [1.82, 2.24) is 10.2 Å². The van der Waals surface area contributed by atoms with Crippen LogP contribution in [0.15, 0.2) is 0 Å². The van der Waals surface area contributed by atoms with Crippen molar-refractivity contribution in [3.05, 3.63) is 0 Å². The van der Waals surface area contributed by atoms with Crippen molar-refractivity contribution in [2.75, 3.05) is 0 Å². The number of piperazine rings is 1. The van der Waals surface area contributed by atoms with Crippen LogP contribution in [0, 0.1) is 5.92 Å². The molecule has 1 saturated carbocycles. The Labute approximate surface area is 128 Å². The van der Waals surface area contributed by atoms with Gasteiger partial charge >= 0.3 is 0 Å². The molecule has 1 aliphatic heterocycles. The summed E-state index contributed by atoms with van der Waals surface area (Å²) in [6.07, 6.45) is 8.28. The second-order valence-corrected chi connectivity index (χ2v) is 6.70. The normalized spacial score (nSPS) is 34.5. The molecule has 4 unspecified atom stereocenters. The Kier molecular flexibility index (Phi) is 5.65. The van der Waals surface area contributed by atoms with Gasteiger partial charge in [-0.1, -0.05) is 46.5 Å². The number of hydrogen-bond donors (Lipinski definition) is 1. The zero-order valence-corrected chi connectivity index (χ0v) is 13.7. The quantitative estimate of drug-likeness (QED) is 0.811. The van der Waals surface area contributed by atoms with Crippen molar-refractivity contribution >= 4 is 11.8 Å². The van der Waals surface area contributed by atoms with Gasteiger partial charge in [-0.15, -0.1) is 0 Å². The third-order valence-corrected chi connectivity index (χ3v) is 5.15. The van der Waals surface area contributed by atoms with Crippen molar-refractivity contribution in [2.24, 2.45) is 5.92 Å². The first-order chi connectivity index (χ1) is 10.1. The molecule has 1 N–H and O–H groups in total. The third kappa shape index (κ3) is 3.41. The molecule has 1 saturated heterocycles. The van der Waals surface area contributed by atoms with Crippen LogP contribution in [0.1, 0.15) is 72.1 Å². The Balaban J connectivity index is 2.25. The molecule has 120 valence electrons. The van der Waals surface area contributed by atoms with Crippen LogP contribution in [0.5, 0.6) is 0 Å². The number of amides is 2. The fourth-order valence-electron chi connectivity index (χ4n) is 3.94. The summed E-state index contributed by atoms with van der Waals surface area (Å²) in [6, 6.07) is -0.327. The first-order valence-corrected chi connectivity index (χ1v) is 8.72. The van der Waals surface area contributed by atoms with E-state index in [9.17, 15) is 9.59 Å². The van der Waals surface area contributed by atoms with Gasteiger partial charge in [0.15, 0.2) is 0 Å². The van der Waals surface area contributed by atoms with Crippen molar-refractivity contribution in [3.63, 3.8) is 0 Å². The zero-order valence-electron chi connectivity index (χ0n) is 13.7. The summed E-state index contributed by atoms with van der Waals surface area (Å²) in [5.41, 5.74) is 0. The van der Waals surface area contributed by atoms with Gasteiger partial charge in [-0.3, -0.25) is 9.59 Å². The summed E-state index contributed by atoms with van der Waals surface area (Å²) in [4.78, 5) is 27.3.